The number of aromatic amines is 1. The fourth-order valence-corrected chi connectivity index (χ4v) is 2.03. The molecule has 18 heavy (non-hydrogen) atoms. The second kappa shape index (κ2) is 3.43. The number of rotatable bonds is 2. The van der Waals surface area contributed by atoms with Gasteiger partial charge in [0.15, 0.2) is 11.5 Å². The third kappa shape index (κ3) is 1.32. The summed E-state index contributed by atoms with van der Waals surface area (Å²) in [6, 6.07) is 5.14. The second-order valence-electron chi connectivity index (χ2n) is 4.05. The van der Waals surface area contributed by atoms with Crippen LogP contribution in [0.25, 0.3) is 22.6 Å². The van der Waals surface area contributed by atoms with Gasteiger partial charge in [-0.2, -0.15) is 4.73 Å². The van der Waals surface area contributed by atoms with Crippen molar-refractivity contribution in [3.05, 3.63) is 35.7 Å². The van der Waals surface area contributed by atoms with Crippen molar-refractivity contribution < 1.29 is 19.5 Å². The minimum atomic E-state index is -1.18. The Morgan fingerprint density at radius 2 is 2.22 bits per heavy atom. The lowest BCUT2D eigenvalue weighted by Crippen LogP contribution is -2.07. The normalized spacial score (nSPS) is 11.2. The Hall–Kier alpha value is -2.63. The van der Waals surface area contributed by atoms with Crippen LogP contribution >= 0.6 is 0 Å². The lowest BCUT2D eigenvalue weighted by atomic mass is 10.2. The maximum Gasteiger partial charge on any atom is 0.356 e. The van der Waals surface area contributed by atoms with E-state index in [0.29, 0.717) is 27.5 Å². The molecule has 0 saturated heterocycles. The van der Waals surface area contributed by atoms with Crippen LogP contribution in [-0.4, -0.2) is 26.0 Å². The highest BCUT2D eigenvalue weighted by atomic mass is 16.5. The SMILES string of the molecule is Cc1cc(-c2cc3cc[nH]c3o2)n(O)c1C(=O)O. The maximum atomic E-state index is 11.0. The highest BCUT2D eigenvalue weighted by Crippen LogP contribution is 2.29. The lowest BCUT2D eigenvalue weighted by molar-refractivity contribution is 0.0645. The van der Waals surface area contributed by atoms with Crippen LogP contribution in [0.5, 0.6) is 0 Å². The van der Waals surface area contributed by atoms with E-state index in [-0.39, 0.29) is 5.69 Å². The Kier molecular flexibility index (Phi) is 2.00. The first kappa shape index (κ1) is 10.5. The van der Waals surface area contributed by atoms with Gasteiger partial charge in [-0.25, -0.2) is 4.79 Å². The molecule has 6 heteroatoms. The molecule has 0 amide bonds. The molecule has 0 aromatic carbocycles. The third-order valence-corrected chi connectivity index (χ3v) is 2.86. The number of aromatic nitrogens is 2. The molecular weight excluding hydrogens is 236 g/mol. The molecule has 6 nitrogen and oxygen atoms in total. The summed E-state index contributed by atoms with van der Waals surface area (Å²) in [6.45, 7) is 1.62. The van der Waals surface area contributed by atoms with Gasteiger partial charge in [0.25, 0.3) is 0 Å². The minimum Gasteiger partial charge on any atom is -0.476 e. The fourth-order valence-electron chi connectivity index (χ4n) is 2.03. The number of fused-ring (bicyclic) bond motifs is 1. The number of nitrogens with one attached hydrogen (secondary N) is 1. The van der Waals surface area contributed by atoms with Crippen molar-refractivity contribution in [2.75, 3.05) is 0 Å². The van der Waals surface area contributed by atoms with Crippen LogP contribution in [0.3, 0.4) is 0 Å². The molecule has 3 heterocycles. The first-order valence-corrected chi connectivity index (χ1v) is 5.30. The van der Waals surface area contributed by atoms with Gasteiger partial charge in [-0.1, -0.05) is 0 Å². The molecule has 3 rings (SSSR count). The number of nitrogens with zero attached hydrogens (tertiary/aromatic N) is 1. The highest BCUT2D eigenvalue weighted by Gasteiger charge is 2.21. The molecule has 92 valence electrons. The number of carboxylic acids is 1. The van der Waals surface area contributed by atoms with Gasteiger partial charge in [-0.3, -0.25) is 0 Å². The number of aromatic carboxylic acids is 1. The van der Waals surface area contributed by atoms with Gasteiger partial charge in [-0.15, -0.1) is 0 Å². The van der Waals surface area contributed by atoms with Crippen molar-refractivity contribution in [1.29, 1.82) is 0 Å². The van der Waals surface area contributed by atoms with Crippen LogP contribution in [-0.2, 0) is 0 Å². The zero-order chi connectivity index (χ0) is 12.9. The lowest BCUT2D eigenvalue weighted by Gasteiger charge is -2.00. The molecule has 3 aromatic rings. The van der Waals surface area contributed by atoms with Crippen molar-refractivity contribution in [1.82, 2.24) is 9.71 Å². The molecule has 0 atom stereocenters. The minimum absolute atomic E-state index is 0.162. The molecule has 0 aliphatic heterocycles. The van der Waals surface area contributed by atoms with Gasteiger partial charge in [0.2, 0.25) is 5.71 Å². The number of furan rings is 1. The average molecular weight is 246 g/mol. The molecule has 0 unspecified atom stereocenters. The summed E-state index contributed by atoms with van der Waals surface area (Å²) < 4.78 is 6.13. The fraction of sp³-hybridized carbons (Fsp3) is 0.0833. The van der Waals surface area contributed by atoms with Crippen LogP contribution in [0.4, 0.5) is 0 Å². The zero-order valence-electron chi connectivity index (χ0n) is 9.47. The number of hydrogen-bond donors (Lipinski definition) is 3. The van der Waals surface area contributed by atoms with Crippen molar-refractivity contribution in [2.24, 2.45) is 0 Å². The Labute approximate surface area is 101 Å². The second-order valence-corrected chi connectivity index (χ2v) is 4.05. The number of carbonyl (C=O) groups is 1. The Morgan fingerprint density at radius 1 is 1.44 bits per heavy atom. The molecule has 0 saturated carbocycles. The van der Waals surface area contributed by atoms with E-state index in [1.807, 2.05) is 6.07 Å². The predicted molar refractivity (Wildman–Crippen MR) is 62.9 cm³/mol. The molecule has 0 spiro atoms. The van der Waals surface area contributed by atoms with Crippen molar-refractivity contribution >= 4 is 17.1 Å². The van der Waals surface area contributed by atoms with Crippen LogP contribution < -0.4 is 0 Å². The number of hydrogen-bond acceptors (Lipinski definition) is 3. The summed E-state index contributed by atoms with van der Waals surface area (Å²) in [5.74, 6) is -0.770. The van der Waals surface area contributed by atoms with Crippen molar-refractivity contribution in [2.45, 2.75) is 6.92 Å². The summed E-state index contributed by atoms with van der Waals surface area (Å²) in [5, 5.41) is 19.7. The maximum absolute atomic E-state index is 11.0. The van der Waals surface area contributed by atoms with Gasteiger partial charge in [-0.05, 0) is 30.7 Å². The van der Waals surface area contributed by atoms with Crippen LogP contribution in [0.1, 0.15) is 16.1 Å². The van der Waals surface area contributed by atoms with E-state index >= 15 is 0 Å². The molecule has 3 aromatic heterocycles. The molecule has 0 aliphatic rings. The molecule has 0 bridgehead atoms. The van der Waals surface area contributed by atoms with E-state index in [2.05, 4.69) is 4.98 Å². The summed E-state index contributed by atoms with van der Waals surface area (Å²) in [4.78, 5) is 13.9. The van der Waals surface area contributed by atoms with Crippen LogP contribution in [0.15, 0.2) is 28.8 Å². The number of aryl methyl sites for hydroxylation is 1. The van der Waals surface area contributed by atoms with Gasteiger partial charge >= 0.3 is 5.97 Å². The first-order valence-electron chi connectivity index (χ1n) is 5.30. The molecule has 0 radical (unpaired) electrons. The standard InChI is InChI=1S/C12H10N2O4/c1-6-4-8(14(17)10(6)12(15)16)9-5-7-2-3-13-11(7)18-9/h2-5,13,17H,1H3,(H,15,16). The van der Waals surface area contributed by atoms with E-state index in [9.17, 15) is 10.0 Å². The van der Waals surface area contributed by atoms with Crippen molar-refractivity contribution in [3.8, 4) is 11.5 Å². The van der Waals surface area contributed by atoms with E-state index < -0.39 is 5.97 Å². The summed E-state index contributed by atoms with van der Waals surface area (Å²) in [5.41, 5.74) is 1.21. The van der Waals surface area contributed by atoms with E-state index in [4.69, 9.17) is 9.52 Å². The molecular formula is C12H10N2O4. The average Bonchev–Trinajstić information content (AvgIpc) is 2.90. The smallest absolute Gasteiger partial charge is 0.356 e. The summed E-state index contributed by atoms with van der Waals surface area (Å²) in [7, 11) is 0. The Morgan fingerprint density at radius 3 is 2.83 bits per heavy atom. The van der Waals surface area contributed by atoms with Gasteiger partial charge in [0.1, 0.15) is 5.69 Å². The molecule has 0 aliphatic carbocycles. The molecule has 0 fully saturated rings. The summed E-state index contributed by atoms with van der Waals surface area (Å²) >= 11 is 0. The Bertz CT molecular complexity index is 719. The van der Waals surface area contributed by atoms with E-state index in [0.717, 1.165) is 5.39 Å². The Balaban J connectivity index is 2.20. The topological polar surface area (TPSA) is 91.4 Å². The number of carboxylic acid groups (broad SMARTS) is 1. The van der Waals surface area contributed by atoms with E-state index in [1.165, 1.54) is 0 Å². The van der Waals surface area contributed by atoms with Crippen LogP contribution in [0.2, 0.25) is 0 Å². The largest absolute Gasteiger partial charge is 0.476 e. The van der Waals surface area contributed by atoms with Crippen LogP contribution in [0, 0.1) is 6.92 Å². The van der Waals surface area contributed by atoms with Gasteiger partial charge in [0, 0.05) is 11.6 Å². The highest BCUT2D eigenvalue weighted by molar-refractivity contribution is 5.89. The summed E-state index contributed by atoms with van der Waals surface area (Å²) in [6.07, 6.45) is 1.74. The first-order chi connectivity index (χ1) is 8.58. The number of H-pyrrole nitrogens is 1. The van der Waals surface area contributed by atoms with Gasteiger partial charge < -0.3 is 19.7 Å². The third-order valence-electron chi connectivity index (χ3n) is 2.86. The van der Waals surface area contributed by atoms with Crippen molar-refractivity contribution in [3.63, 3.8) is 0 Å². The monoisotopic (exact) mass is 246 g/mol. The molecule has 3 N–H and O–H groups in total. The predicted octanol–water partition coefficient (Wildman–Crippen LogP) is 2.47. The van der Waals surface area contributed by atoms with Gasteiger partial charge in [0.05, 0.1) is 0 Å². The van der Waals surface area contributed by atoms with E-state index in [1.54, 1.807) is 25.3 Å². The zero-order valence-corrected chi connectivity index (χ0v) is 9.47. The quantitative estimate of drug-likeness (QED) is 0.606.